The zero-order valence-corrected chi connectivity index (χ0v) is 14.4. The number of aromatic nitrogens is 2. The van der Waals surface area contributed by atoms with Crippen molar-refractivity contribution in [1.29, 1.82) is 0 Å². The standard InChI is InChI=1S/C17H19FN2O2S/c1-5-22-16(21)13-14(10(2)3)19-17(23-4)20-15(13)11-6-8-12(18)9-7-11/h6-10H,5H2,1-4H3. The molecule has 0 aliphatic heterocycles. The summed E-state index contributed by atoms with van der Waals surface area (Å²) in [5.74, 6) is -0.764. The van der Waals surface area contributed by atoms with Crippen molar-refractivity contribution in [3.05, 3.63) is 41.3 Å². The maximum absolute atomic E-state index is 13.2. The first-order chi connectivity index (χ1) is 11.0. The molecule has 0 atom stereocenters. The first-order valence-electron chi connectivity index (χ1n) is 7.36. The molecule has 1 heterocycles. The number of hydrogen-bond donors (Lipinski definition) is 0. The topological polar surface area (TPSA) is 52.1 Å². The van der Waals surface area contributed by atoms with Crippen LogP contribution in [-0.2, 0) is 4.74 Å². The lowest BCUT2D eigenvalue weighted by Gasteiger charge is -2.16. The molecule has 122 valence electrons. The van der Waals surface area contributed by atoms with Crippen LogP contribution in [0.3, 0.4) is 0 Å². The van der Waals surface area contributed by atoms with Crippen LogP contribution in [0.4, 0.5) is 4.39 Å². The third-order valence-electron chi connectivity index (χ3n) is 3.24. The molecule has 1 aromatic heterocycles. The molecule has 0 N–H and O–H groups in total. The predicted octanol–water partition coefficient (Wildman–Crippen LogP) is 4.30. The molecule has 4 nitrogen and oxygen atoms in total. The Labute approximate surface area is 139 Å². The fraction of sp³-hybridized carbons (Fsp3) is 0.353. The third-order valence-corrected chi connectivity index (χ3v) is 3.79. The van der Waals surface area contributed by atoms with Gasteiger partial charge in [-0.1, -0.05) is 25.6 Å². The molecule has 0 amide bonds. The number of benzene rings is 1. The van der Waals surface area contributed by atoms with Gasteiger partial charge in [-0.3, -0.25) is 0 Å². The minimum atomic E-state index is -0.455. The van der Waals surface area contributed by atoms with E-state index in [0.29, 0.717) is 27.7 Å². The Morgan fingerprint density at radius 2 is 1.91 bits per heavy atom. The molecular formula is C17H19FN2O2S. The Morgan fingerprint density at radius 3 is 2.43 bits per heavy atom. The van der Waals surface area contributed by atoms with Crippen LogP contribution in [0.2, 0.25) is 0 Å². The number of carbonyl (C=O) groups is 1. The summed E-state index contributed by atoms with van der Waals surface area (Å²) in [5.41, 5.74) is 2.13. The molecule has 2 aromatic rings. The summed E-state index contributed by atoms with van der Waals surface area (Å²) in [6.07, 6.45) is 1.87. The summed E-state index contributed by atoms with van der Waals surface area (Å²) in [4.78, 5) is 21.4. The van der Waals surface area contributed by atoms with Gasteiger partial charge in [0.15, 0.2) is 5.16 Å². The van der Waals surface area contributed by atoms with Crippen LogP contribution in [-0.4, -0.2) is 28.8 Å². The lowest BCUT2D eigenvalue weighted by Crippen LogP contribution is -2.15. The van der Waals surface area contributed by atoms with Gasteiger partial charge in [0.1, 0.15) is 11.4 Å². The fourth-order valence-corrected chi connectivity index (χ4v) is 2.56. The molecule has 23 heavy (non-hydrogen) atoms. The van der Waals surface area contributed by atoms with Gasteiger partial charge >= 0.3 is 5.97 Å². The first-order valence-corrected chi connectivity index (χ1v) is 8.59. The van der Waals surface area contributed by atoms with E-state index in [2.05, 4.69) is 9.97 Å². The number of rotatable bonds is 5. The second-order valence-corrected chi connectivity index (χ2v) is 5.97. The number of esters is 1. The van der Waals surface area contributed by atoms with Crippen molar-refractivity contribution >= 4 is 17.7 Å². The summed E-state index contributed by atoms with van der Waals surface area (Å²) >= 11 is 1.40. The molecule has 1 aromatic carbocycles. The van der Waals surface area contributed by atoms with Crippen molar-refractivity contribution in [3.8, 4) is 11.3 Å². The molecule has 0 radical (unpaired) electrons. The Morgan fingerprint density at radius 1 is 1.26 bits per heavy atom. The zero-order valence-electron chi connectivity index (χ0n) is 13.6. The lowest BCUT2D eigenvalue weighted by atomic mass is 9.98. The quantitative estimate of drug-likeness (QED) is 0.463. The highest BCUT2D eigenvalue weighted by atomic mass is 32.2. The molecule has 0 aliphatic rings. The van der Waals surface area contributed by atoms with E-state index in [-0.39, 0.29) is 18.3 Å². The van der Waals surface area contributed by atoms with Crippen molar-refractivity contribution in [2.24, 2.45) is 0 Å². The average molecular weight is 334 g/mol. The van der Waals surface area contributed by atoms with Crippen LogP contribution in [0, 0.1) is 5.82 Å². The maximum atomic E-state index is 13.2. The van der Waals surface area contributed by atoms with Crippen molar-refractivity contribution in [2.75, 3.05) is 12.9 Å². The Hall–Kier alpha value is -1.95. The number of hydrogen-bond acceptors (Lipinski definition) is 5. The van der Waals surface area contributed by atoms with E-state index in [0.717, 1.165) is 0 Å². The van der Waals surface area contributed by atoms with Crippen LogP contribution in [0.1, 0.15) is 42.7 Å². The highest BCUT2D eigenvalue weighted by molar-refractivity contribution is 7.98. The third kappa shape index (κ3) is 3.88. The lowest BCUT2D eigenvalue weighted by molar-refractivity contribution is 0.0524. The molecule has 0 saturated carbocycles. The van der Waals surface area contributed by atoms with Gasteiger partial charge in [0.2, 0.25) is 0 Å². The summed E-state index contributed by atoms with van der Waals surface area (Å²) in [5, 5.41) is 0.570. The van der Waals surface area contributed by atoms with E-state index in [1.54, 1.807) is 19.1 Å². The Kier molecular flexibility index (Phi) is 5.71. The van der Waals surface area contributed by atoms with Gasteiger partial charge in [-0.2, -0.15) is 0 Å². The molecule has 0 saturated heterocycles. The molecule has 2 rings (SSSR count). The van der Waals surface area contributed by atoms with Crippen LogP contribution in [0.5, 0.6) is 0 Å². The van der Waals surface area contributed by atoms with E-state index < -0.39 is 5.97 Å². The predicted molar refractivity (Wildman–Crippen MR) is 89.3 cm³/mol. The molecule has 0 unspecified atom stereocenters. The van der Waals surface area contributed by atoms with Crippen molar-refractivity contribution < 1.29 is 13.9 Å². The van der Waals surface area contributed by atoms with E-state index in [9.17, 15) is 9.18 Å². The molecule has 0 fully saturated rings. The number of nitrogens with zero attached hydrogens (tertiary/aromatic N) is 2. The van der Waals surface area contributed by atoms with Gasteiger partial charge in [0.25, 0.3) is 0 Å². The minimum absolute atomic E-state index is 0.0301. The monoisotopic (exact) mass is 334 g/mol. The Bertz CT molecular complexity index is 702. The summed E-state index contributed by atoms with van der Waals surface area (Å²) in [7, 11) is 0. The minimum Gasteiger partial charge on any atom is -0.462 e. The van der Waals surface area contributed by atoms with E-state index in [1.165, 1.54) is 23.9 Å². The van der Waals surface area contributed by atoms with Crippen LogP contribution in [0.15, 0.2) is 29.4 Å². The number of ether oxygens (including phenoxy) is 1. The van der Waals surface area contributed by atoms with Gasteiger partial charge in [-0.25, -0.2) is 19.2 Å². The highest BCUT2D eigenvalue weighted by Gasteiger charge is 2.24. The van der Waals surface area contributed by atoms with Gasteiger partial charge in [-0.05, 0) is 43.4 Å². The van der Waals surface area contributed by atoms with Gasteiger partial charge < -0.3 is 4.74 Å². The van der Waals surface area contributed by atoms with E-state index >= 15 is 0 Å². The molecule has 6 heteroatoms. The van der Waals surface area contributed by atoms with Crippen molar-refractivity contribution in [2.45, 2.75) is 31.8 Å². The number of halogens is 1. The Balaban J connectivity index is 2.72. The number of carbonyl (C=O) groups excluding carboxylic acids is 1. The zero-order chi connectivity index (χ0) is 17.0. The SMILES string of the molecule is CCOC(=O)c1c(-c2ccc(F)cc2)nc(SC)nc1C(C)C. The van der Waals surface area contributed by atoms with Crippen LogP contribution >= 0.6 is 11.8 Å². The maximum Gasteiger partial charge on any atom is 0.342 e. The molecular weight excluding hydrogens is 315 g/mol. The summed E-state index contributed by atoms with van der Waals surface area (Å²) < 4.78 is 18.4. The summed E-state index contributed by atoms with van der Waals surface area (Å²) in [6, 6.07) is 5.91. The van der Waals surface area contributed by atoms with E-state index in [1.807, 2.05) is 20.1 Å². The number of thioether (sulfide) groups is 1. The second-order valence-electron chi connectivity index (χ2n) is 5.20. The molecule has 0 spiro atoms. The molecule has 0 bridgehead atoms. The smallest absolute Gasteiger partial charge is 0.342 e. The fourth-order valence-electron chi connectivity index (χ4n) is 2.19. The van der Waals surface area contributed by atoms with Crippen molar-refractivity contribution in [3.63, 3.8) is 0 Å². The normalized spacial score (nSPS) is 10.9. The van der Waals surface area contributed by atoms with Gasteiger partial charge in [0.05, 0.1) is 18.0 Å². The first kappa shape index (κ1) is 17.4. The van der Waals surface area contributed by atoms with E-state index in [4.69, 9.17) is 4.74 Å². The van der Waals surface area contributed by atoms with Crippen molar-refractivity contribution in [1.82, 2.24) is 9.97 Å². The van der Waals surface area contributed by atoms with Gasteiger partial charge in [0, 0.05) is 5.56 Å². The molecule has 0 aliphatic carbocycles. The summed E-state index contributed by atoms with van der Waals surface area (Å²) in [6.45, 7) is 5.94. The van der Waals surface area contributed by atoms with Crippen LogP contribution in [0.25, 0.3) is 11.3 Å². The van der Waals surface area contributed by atoms with Gasteiger partial charge in [-0.15, -0.1) is 0 Å². The largest absolute Gasteiger partial charge is 0.462 e. The van der Waals surface area contributed by atoms with Crippen LogP contribution < -0.4 is 0 Å². The average Bonchev–Trinajstić information content (AvgIpc) is 2.54. The highest BCUT2D eigenvalue weighted by Crippen LogP contribution is 2.30. The second kappa shape index (κ2) is 7.55.